The van der Waals surface area contributed by atoms with Crippen molar-refractivity contribution in [2.75, 3.05) is 13.1 Å². The molecule has 0 amide bonds. The largest absolute Gasteiger partial charge is 0.312 e. The van der Waals surface area contributed by atoms with E-state index >= 15 is 0 Å². The highest BCUT2D eigenvalue weighted by atomic mass is 15.0. The van der Waals surface area contributed by atoms with Crippen LogP contribution in [0.15, 0.2) is 0 Å². The number of hydrogen-bond acceptors (Lipinski definition) is 2. The molecule has 0 radical (unpaired) electrons. The van der Waals surface area contributed by atoms with E-state index in [4.69, 9.17) is 0 Å². The molecule has 2 heteroatoms. The Morgan fingerprint density at radius 2 is 1.73 bits per heavy atom. The zero-order valence-electron chi connectivity index (χ0n) is 10.9. The van der Waals surface area contributed by atoms with E-state index in [0.29, 0.717) is 0 Å². The highest BCUT2D eigenvalue weighted by Crippen LogP contribution is 2.23. The van der Waals surface area contributed by atoms with E-state index in [1.165, 1.54) is 25.7 Å². The second-order valence-corrected chi connectivity index (χ2v) is 6.00. The van der Waals surface area contributed by atoms with Crippen molar-refractivity contribution in [2.24, 2.45) is 5.92 Å². The first kappa shape index (κ1) is 13.0. The molecule has 0 spiro atoms. The van der Waals surface area contributed by atoms with Gasteiger partial charge in [-0.05, 0) is 39.5 Å². The maximum Gasteiger partial charge on any atom is 0.00970 e. The molecule has 0 aliphatic heterocycles. The predicted octanol–water partition coefficient (Wildman–Crippen LogP) is 2.54. The smallest absolute Gasteiger partial charge is 0.00970 e. The molecule has 2 atom stereocenters. The fourth-order valence-electron chi connectivity index (χ4n) is 2.31. The first-order valence-electron chi connectivity index (χ1n) is 6.47. The average molecular weight is 212 g/mol. The van der Waals surface area contributed by atoms with E-state index < -0.39 is 0 Å². The maximum absolute atomic E-state index is 3.68. The third-order valence-electron chi connectivity index (χ3n) is 3.30. The average Bonchev–Trinajstić information content (AvgIpc) is 2.13. The molecule has 2 N–H and O–H groups in total. The zero-order valence-corrected chi connectivity index (χ0v) is 10.9. The van der Waals surface area contributed by atoms with Crippen molar-refractivity contribution < 1.29 is 0 Å². The van der Waals surface area contributed by atoms with Crippen LogP contribution >= 0.6 is 0 Å². The summed E-state index contributed by atoms with van der Waals surface area (Å²) in [5.74, 6) is 0.869. The van der Waals surface area contributed by atoms with Crippen LogP contribution in [-0.2, 0) is 0 Å². The van der Waals surface area contributed by atoms with Crippen molar-refractivity contribution in [1.82, 2.24) is 10.6 Å². The topological polar surface area (TPSA) is 24.1 Å². The summed E-state index contributed by atoms with van der Waals surface area (Å²) in [5, 5.41) is 7.20. The van der Waals surface area contributed by atoms with Crippen LogP contribution in [-0.4, -0.2) is 24.7 Å². The van der Waals surface area contributed by atoms with Crippen LogP contribution in [0.5, 0.6) is 0 Å². The summed E-state index contributed by atoms with van der Waals surface area (Å²) in [6, 6.07) is 0.764. The van der Waals surface area contributed by atoms with Crippen molar-refractivity contribution >= 4 is 0 Å². The lowest BCUT2D eigenvalue weighted by Gasteiger charge is -2.30. The van der Waals surface area contributed by atoms with Gasteiger partial charge in [-0.3, -0.25) is 0 Å². The quantitative estimate of drug-likeness (QED) is 0.700. The van der Waals surface area contributed by atoms with Gasteiger partial charge in [0.15, 0.2) is 0 Å². The molecule has 1 aliphatic rings. The highest BCUT2D eigenvalue weighted by Gasteiger charge is 2.20. The van der Waals surface area contributed by atoms with Crippen molar-refractivity contribution in [1.29, 1.82) is 0 Å². The van der Waals surface area contributed by atoms with E-state index in [1.54, 1.807) is 0 Å². The summed E-state index contributed by atoms with van der Waals surface area (Å²) in [6.45, 7) is 11.2. The van der Waals surface area contributed by atoms with E-state index in [9.17, 15) is 0 Å². The van der Waals surface area contributed by atoms with Gasteiger partial charge in [-0.1, -0.05) is 19.8 Å². The SMILES string of the molecule is CC1CCCCC1NCCNC(C)(C)C. The third kappa shape index (κ3) is 5.53. The van der Waals surface area contributed by atoms with E-state index in [-0.39, 0.29) is 5.54 Å². The van der Waals surface area contributed by atoms with Gasteiger partial charge in [-0.25, -0.2) is 0 Å². The van der Waals surface area contributed by atoms with Crippen molar-refractivity contribution in [3.05, 3.63) is 0 Å². The van der Waals surface area contributed by atoms with Gasteiger partial charge < -0.3 is 10.6 Å². The van der Waals surface area contributed by atoms with Crippen LogP contribution < -0.4 is 10.6 Å². The standard InChI is InChI=1S/C13H28N2/c1-11-7-5-6-8-12(11)14-9-10-15-13(2,3)4/h11-12,14-15H,5-10H2,1-4H3. The van der Waals surface area contributed by atoms with Crippen LogP contribution in [0.25, 0.3) is 0 Å². The van der Waals surface area contributed by atoms with Gasteiger partial charge in [0, 0.05) is 24.7 Å². The molecule has 1 saturated carbocycles. The molecule has 1 aliphatic carbocycles. The van der Waals surface area contributed by atoms with Gasteiger partial charge in [0.25, 0.3) is 0 Å². The number of rotatable bonds is 4. The fourth-order valence-corrected chi connectivity index (χ4v) is 2.31. The molecule has 0 heterocycles. The summed E-state index contributed by atoms with van der Waals surface area (Å²) >= 11 is 0. The lowest BCUT2D eigenvalue weighted by Crippen LogP contribution is -2.44. The lowest BCUT2D eigenvalue weighted by molar-refractivity contribution is 0.277. The second kappa shape index (κ2) is 5.86. The van der Waals surface area contributed by atoms with Crippen molar-refractivity contribution in [3.8, 4) is 0 Å². The molecule has 0 aromatic heterocycles. The van der Waals surface area contributed by atoms with E-state index in [0.717, 1.165) is 25.0 Å². The molecule has 0 saturated heterocycles. The summed E-state index contributed by atoms with van der Waals surface area (Å²) in [5.41, 5.74) is 0.250. The van der Waals surface area contributed by atoms with Gasteiger partial charge in [0.05, 0.1) is 0 Å². The molecule has 0 bridgehead atoms. The summed E-state index contributed by atoms with van der Waals surface area (Å²) in [4.78, 5) is 0. The Hall–Kier alpha value is -0.0800. The van der Waals surface area contributed by atoms with E-state index in [1.807, 2.05) is 0 Å². The van der Waals surface area contributed by atoms with Crippen molar-refractivity contribution in [2.45, 2.75) is 65.0 Å². The zero-order chi connectivity index (χ0) is 11.3. The van der Waals surface area contributed by atoms with Gasteiger partial charge in [0.1, 0.15) is 0 Å². The fraction of sp³-hybridized carbons (Fsp3) is 1.00. The molecule has 90 valence electrons. The predicted molar refractivity (Wildman–Crippen MR) is 67.2 cm³/mol. The van der Waals surface area contributed by atoms with Gasteiger partial charge >= 0.3 is 0 Å². The lowest BCUT2D eigenvalue weighted by atomic mass is 9.86. The highest BCUT2D eigenvalue weighted by molar-refractivity contribution is 4.79. The first-order valence-corrected chi connectivity index (χ1v) is 6.47. The molecule has 2 nitrogen and oxygen atoms in total. The molecule has 15 heavy (non-hydrogen) atoms. The first-order chi connectivity index (χ1) is 6.99. The minimum absolute atomic E-state index is 0.250. The Labute approximate surface area is 95.2 Å². The Morgan fingerprint density at radius 1 is 1.07 bits per heavy atom. The van der Waals surface area contributed by atoms with Crippen LogP contribution in [0.3, 0.4) is 0 Å². The van der Waals surface area contributed by atoms with Crippen LogP contribution in [0.2, 0.25) is 0 Å². The van der Waals surface area contributed by atoms with Crippen LogP contribution in [0, 0.1) is 5.92 Å². The Kier molecular flexibility index (Phi) is 5.07. The number of hydrogen-bond donors (Lipinski definition) is 2. The molecule has 0 aromatic rings. The summed E-state index contributed by atoms with van der Waals surface area (Å²) < 4.78 is 0. The number of nitrogens with one attached hydrogen (secondary N) is 2. The molecule has 1 fully saturated rings. The molecule has 1 rings (SSSR count). The minimum atomic E-state index is 0.250. The Morgan fingerprint density at radius 3 is 2.33 bits per heavy atom. The molecular weight excluding hydrogens is 184 g/mol. The minimum Gasteiger partial charge on any atom is -0.312 e. The Balaban J connectivity index is 2.08. The monoisotopic (exact) mass is 212 g/mol. The van der Waals surface area contributed by atoms with Crippen LogP contribution in [0.4, 0.5) is 0 Å². The van der Waals surface area contributed by atoms with Crippen LogP contribution in [0.1, 0.15) is 53.4 Å². The Bertz CT molecular complexity index is 172. The molecule has 0 aromatic carbocycles. The van der Waals surface area contributed by atoms with Gasteiger partial charge in [-0.2, -0.15) is 0 Å². The van der Waals surface area contributed by atoms with Gasteiger partial charge in [-0.15, -0.1) is 0 Å². The summed E-state index contributed by atoms with van der Waals surface area (Å²) in [7, 11) is 0. The van der Waals surface area contributed by atoms with Crippen molar-refractivity contribution in [3.63, 3.8) is 0 Å². The second-order valence-electron chi connectivity index (χ2n) is 6.00. The van der Waals surface area contributed by atoms with E-state index in [2.05, 4.69) is 38.3 Å². The normalized spacial score (nSPS) is 28.0. The third-order valence-corrected chi connectivity index (χ3v) is 3.30. The maximum atomic E-state index is 3.68. The molecular formula is C13H28N2. The van der Waals surface area contributed by atoms with Gasteiger partial charge in [0.2, 0.25) is 0 Å². The molecule has 2 unspecified atom stereocenters. The summed E-state index contributed by atoms with van der Waals surface area (Å²) in [6.07, 6.45) is 5.62.